The molecule has 1 saturated heterocycles. The zero-order chi connectivity index (χ0) is 27.3. The molecular weight excluding hydrogens is 488 g/mol. The van der Waals surface area contributed by atoms with E-state index in [1.54, 1.807) is 0 Å². The number of nitrogens with one attached hydrogen (secondary N) is 2. The molecule has 204 valence electrons. The zero-order valence-corrected chi connectivity index (χ0v) is 21.7. The molecule has 0 aliphatic carbocycles. The average Bonchev–Trinajstić information content (AvgIpc) is 2.93. The van der Waals surface area contributed by atoms with Crippen molar-refractivity contribution in [2.24, 2.45) is 0 Å². The van der Waals surface area contributed by atoms with E-state index in [0.717, 1.165) is 30.5 Å². The van der Waals surface area contributed by atoms with Crippen LogP contribution in [0.5, 0.6) is 5.75 Å². The number of fused-ring (bicyclic) bond motifs is 1. The molecule has 2 aliphatic heterocycles. The Morgan fingerprint density at radius 2 is 1.82 bits per heavy atom. The van der Waals surface area contributed by atoms with Gasteiger partial charge in [-0.25, -0.2) is 0 Å². The topological polar surface area (TPSA) is 128 Å². The lowest BCUT2D eigenvalue weighted by Gasteiger charge is -2.31. The van der Waals surface area contributed by atoms with Crippen LogP contribution in [0.15, 0.2) is 48.5 Å². The van der Waals surface area contributed by atoms with Gasteiger partial charge in [-0.15, -0.1) is 0 Å². The lowest BCUT2D eigenvalue weighted by atomic mass is 10.0. The normalized spacial score (nSPS) is 18.7. The highest BCUT2D eigenvalue weighted by Crippen LogP contribution is 2.32. The number of hydrogen-bond acceptors (Lipinski definition) is 6. The number of ether oxygens (including phenoxy) is 1. The molecule has 10 heteroatoms. The van der Waals surface area contributed by atoms with Crippen molar-refractivity contribution >= 4 is 29.9 Å². The van der Waals surface area contributed by atoms with Crippen LogP contribution in [0.25, 0.3) is 0 Å². The highest BCUT2D eigenvalue weighted by atomic mass is 16.5. The summed E-state index contributed by atoms with van der Waals surface area (Å²) >= 11 is 0. The zero-order valence-electron chi connectivity index (χ0n) is 21.7. The Kier molecular flexibility index (Phi) is 11.1. The van der Waals surface area contributed by atoms with Crippen molar-refractivity contribution in [3.05, 3.63) is 59.7 Å². The number of rotatable bonds is 3. The first-order chi connectivity index (χ1) is 18.4. The summed E-state index contributed by atoms with van der Waals surface area (Å²) in [6.07, 6.45) is 2.76. The molecule has 2 aliphatic rings. The summed E-state index contributed by atoms with van der Waals surface area (Å²) in [5, 5.41) is 13.4. The Hall–Kier alpha value is -3.92. The molecule has 0 radical (unpaired) electrons. The van der Waals surface area contributed by atoms with Crippen LogP contribution in [0.1, 0.15) is 42.9 Å². The maximum absolute atomic E-state index is 13.3. The molecule has 0 saturated carbocycles. The minimum absolute atomic E-state index is 0.00522. The summed E-state index contributed by atoms with van der Waals surface area (Å²) in [5.41, 5.74) is 2.74. The number of benzene rings is 2. The Morgan fingerprint density at radius 3 is 2.58 bits per heavy atom. The fourth-order valence-corrected chi connectivity index (χ4v) is 4.53. The Labute approximate surface area is 222 Å². The maximum atomic E-state index is 13.3. The smallest absolute Gasteiger partial charge is 0.290 e. The third kappa shape index (κ3) is 8.31. The second kappa shape index (κ2) is 14.7. The monoisotopic (exact) mass is 524 g/mol. The van der Waals surface area contributed by atoms with E-state index in [1.165, 1.54) is 4.90 Å². The number of amides is 3. The summed E-state index contributed by atoms with van der Waals surface area (Å²) in [5.74, 6) is 0.304. The summed E-state index contributed by atoms with van der Waals surface area (Å²) in [6, 6.07) is 15.6. The molecule has 2 aromatic rings. The highest BCUT2D eigenvalue weighted by molar-refractivity contribution is 6.02. The second-order valence-corrected chi connectivity index (χ2v) is 9.26. The number of carbonyl (C=O) groups is 4. The first-order valence-electron chi connectivity index (χ1n) is 12.9. The van der Waals surface area contributed by atoms with E-state index in [1.807, 2.05) is 60.4 Å². The third-order valence-electron chi connectivity index (χ3n) is 6.47. The molecule has 10 nitrogen and oxygen atoms in total. The van der Waals surface area contributed by atoms with E-state index in [-0.39, 0.29) is 43.4 Å². The quantitative estimate of drug-likeness (QED) is 0.526. The number of hydrogen-bond donors (Lipinski definition) is 3. The van der Waals surface area contributed by atoms with Crippen LogP contribution in [0.2, 0.25) is 0 Å². The molecule has 2 heterocycles. The van der Waals surface area contributed by atoms with Gasteiger partial charge in [0.1, 0.15) is 12.3 Å². The molecule has 0 bridgehead atoms. The van der Waals surface area contributed by atoms with Crippen molar-refractivity contribution in [3.8, 4) is 5.75 Å². The predicted molar refractivity (Wildman–Crippen MR) is 143 cm³/mol. The standard InChI is InChI=1S/C27H34N4O4.CH2O2/c1-20-10-11-24-23(16-20)31(27(34)19-35-24)18-26(33)30-14-6-5-12-28-22(21-8-3-2-4-9-21)17-25(32)29-13-7-15-30;2-1-3/h2-4,8-11,16,22,28H,5-7,12-15,17-19H2,1H3,(H,29,32);1H,(H,2,3). The summed E-state index contributed by atoms with van der Waals surface area (Å²) in [6.45, 7) is 4.02. The van der Waals surface area contributed by atoms with E-state index in [4.69, 9.17) is 14.6 Å². The van der Waals surface area contributed by atoms with Crippen LogP contribution >= 0.6 is 0 Å². The minimum atomic E-state index is -0.250. The first-order valence-corrected chi connectivity index (χ1v) is 12.9. The van der Waals surface area contributed by atoms with Crippen LogP contribution < -0.4 is 20.3 Å². The van der Waals surface area contributed by atoms with Gasteiger partial charge >= 0.3 is 0 Å². The predicted octanol–water partition coefficient (Wildman–Crippen LogP) is 2.27. The van der Waals surface area contributed by atoms with Crippen LogP contribution in [0.3, 0.4) is 0 Å². The molecule has 1 atom stereocenters. The van der Waals surface area contributed by atoms with Gasteiger partial charge in [0.25, 0.3) is 12.4 Å². The van der Waals surface area contributed by atoms with Crippen LogP contribution in [0.4, 0.5) is 5.69 Å². The highest BCUT2D eigenvalue weighted by Gasteiger charge is 2.29. The molecule has 3 amide bonds. The molecule has 0 spiro atoms. The number of anilines is 1. The van der Waals surface area contributed by atoms with Gasteiger partial charge in [-0.1, -0.05) is 36.4 Å². The molecule has 0 aromatic heterocycles. The Morgan fingerprint density at radius 1 is 1.08 bits per heavy atom. The summed E-state index contributed by atoms with van der Waals surface area (Å²) in [4.78, 5) is 50.1. The molecule has 2 aromatic carbocycles. The molecule has 4 rings (SSSR count). The van der Waals surface area contributed by atoms with E-state index >= 15 is 0 Å². The van der Waals surface area contributed by atoms with Crippen molar-refractivity contribution in [1.29, 1.82) is 0 Å². The van der Waals surface area contributed by atoms with Crippen molar-refractivity contribution in [3.63, 3.8) is 0 Å². The van der Waals surface area contributed by atoms with E-state index < -0.39 is 0 Å². The lowest BCUT2D eigenvalue weighted by Crippen LogP contribution is -2.47. The van der Waals surface area contributed by atoms with Gasteiger partial charge in [-0.05, 0) is 56.0 Å². The van der Waals surface area contributed by atoms with E-state index in [0.29, 0.717) is 43.9 Å². The Balaban J connectivity index is 0.00000127. The largest absolute Gasteiger partial charge is 0.483 e. The molecule has 38 heavy (non-hydrogen) atoms. The van der Waals surface area contributed by atoms with Crippen molar-refractivity contribution in [2.75, 3.05) is 44.2 Å². The van der Waals surface area contributed by atoms with Gasteiger partial charge in [-0.3, -0.25) is 24.1 Å². The third-order valence-corrected chi connectivity index (χ3v) is 6.47. The van der Waals surface area contributed by atoms with Gasteiger partial charge in [-0.2, -0.15) is 0 Å². The van der Waals surface area contributed by atoms with Gasteiger partial charge in [0.05, 0.1) is 5.69 Å². The molecule has 3 N–H and O–H groups in total. The summed E-state index contributed by atoms with van der Waals surface area (Å²) < 4.78 is 5.54. The van der Waals surface area contributed by atoms with Crippen molar-refractivity contribution in [1.82, 2.24) is 15.5 Å². The Bertz CT molecular complexity index is 1090. The number of nitrogens with zero attached hydrogens (tertiary/aromatic N) is 2. The van der Waals surface area contributed by atoms with Crippen molar-refractivity contribution in [2.45, 2.75) is 38.6 Å². The first kappa shape index (κ1) is 28.6. The number of aryl methyl sites for hydroxylation is 1. The van der Waals surface area contributed by atoms with Gasteiger partial charge in [0.2, 0.25) is 11.8 Å². The molecule has 1 fully saturated rings. The van der Waals surface area contributed by atoms with Gasteiger partial charge < -0.3 is 25.4 Å². The van der Waals surface area contributed by atoms with E-state index in [9.17, 15) is 14.4 Å². The SMILES string of the molecule is Cc1ccc2c(c1)N(CC(=O)N1CCCCNC(c3ccccc3)CC(=O)NCCC1)C(=O)CO2.O=CO. The molecule has 1 unspecified atom stereocenters. The van der Waals surface area contributed by atoms with Crippen molar-refractivity contribution < 1.29 is 29.0 Å². The van der Waals surface area contributed by atoms with Crippen LogP contribution in [-0.4, -0.2) is 73.5 Å². The number of carbonyl (C=O) groups excluding carboxylic acids is 3. The van der Waals surface area contributed by atoms with Gasteiger partial charge in [0, 0.05) is 32.1 Å². The second-order valence-electron chi connectivity index (χ2n) is 9.26. The summed E-state index contributed by atoms with van der Waals surface area (Å²) in [7, 11) is 0. The lowest BCUT2D eigenvalue weighted by molar-refractivity contribution is -0.132. The average molecular weight is 525 g/mol. The fraction of sp³-hybridized carbons (Fsp3) is 0.429. The maximum Gasteiger partial charge on any atom is 0.290 e. The minimum Gasteiger partial charge on any atom is -0.483 e. The van der Waals surface area contributed by atoms with Crippen LogP contribution in [-0.2, 0) is 19.2 Å². The van der Waals surface area contributed by atoms with Gasteiger partial charge in [0.15, 0.2) is 6.61 Å². The van der Waals surface area contributed by atoms with Crippen LogP contribution in [0, 0.1) is 6.92 Å². The number of carboxylic acid groups (broad SMARTS) is 1. The fourth-order valence-electron chi connectivity index (χ4n) is 4.53. The molecular formula is C28H36N4O6. The van der Waals surface area contributed by atoms with E-state index in [2.05, 4.69) is 10.6 Å².